The van der Waals surface area contributed by atoms with Gasteiger partial charge >= 0.3 is 0 Å². The van der Waals surface area contributed by atoms with Crippen LogP contribution in [0, 0.1) is 13.8 Å². The van der Waals surface area contributed by atoms with E-state index < -0.39 is 0 Å². The third-order valence-corrected chi connectivity index (χ3v) is 4.83. The number of aromatic amines is 1. The first-order valence-corrected chi connectivity index (χ1v) is 9.46. The second kappa shape index (κ2) is 6.80. The number of nitrogens with zero attached hydrogens (tertiary/aromatic N) is 5. The third kappa shape index (κ3) is 3.15. The van der Waals surface area contributed by atoms with E-state index in [0.29, 0.717) is 0 Å². The number of anilines is 2. The van der Waals surface area contributed by atoms with Gasteiger partial charge in [-0.05, 0) is 43.9 Å². The smallest absolute Gasteiger partial charge is 0.161 e. The summed E-state index contributed by atoms with van der Waals surface area (Å²) in [7, 11) is 0. The van der Waals surface area contributed by atoms with Crippen LogP contribution in [0.4, 0.5) is 11.5 Å². The summed E-state index contributed by atoms with van der Waals surface area (Å²) in [5.74, 6) is 0.747. The van der Waals surface area contributed by atoms with E-state index in [1.165, 1.54) is 11.9 Å². The molecule has 0 fully saturated rings. The van der Waals surface area contributed by atoms with E-state index in [4.69, 9.17) is 0 Å². The summed E-state index contributed by atoms with van der Waals surface area (Å²) in [5, 5.41) is 16.9. The predicted octanol–water partition coefficient (Wildman–Crippen LogP) is 3.68. The molecule has 4 rings (SSSR count). The lowest BCUT2D eigenvalue weighted by Gasteiger charge is -2.10. The van der Waals surface area contributed by atoms with Crippen LogP contribution in [0.3, 0.4) is 0 Å². The zero-order valence-corrected chi connectivity index (χ0v) is 15.6. The summed E-state index contributed by atoms with van der Waals surface area (Å²) in [4.78, 5) is 8.64. The van der Waals surface area contributed by atoms with Gasteiger partial charge in [0.05, 0.1) is 17.6 Å². The molecule has 26 heavy (non-hydrogen) atoms. The van der Waals surface area contributed by atoms with E-state index in [1.54, 1.807) is 11.8 Å². The van der Waals surface area contributed by atoms with Gasteiger partial charge in [-0.25, -0.2) is 9.97 Å². The molecule has 0 saturated carbocycles. The molecule has 2 N–H and O–H groups in total. The van der Waals surface area contributed by atoms with Crippen LogP contribution in [-0.4, -0.2) is 36.2 Å². The first-order valence-electron chi connectivity index (χ1n) is 8.24. The number of nitrogens with one attached hydrogen (secondary N) is 2. The van der Waals surface area contributed by atoms with Crippen molar-refractivity contribution < 1.29 is 0 Å². The SMILES string of the molecule is CSc1n[nH]c2ncnc(Nc3cccc(Cn4nc(C)cc4C)c3)c12. The van der Waals surface area contributed by atoms with Crippen LogP contribution in [0.25, 0.3) is 11.0 Å². The fourth-order valence-electron chi connectivity index (χ4n) is 2.97. The average molecular weight is 365 g/mol. The molecule has 3 aromatic heterocycles. The Kier molecular flexibility index (Phi) is 4.34. The molecule has 0 unspecified atom stereocenters. The van der Waals surface area contributed by atoms with Crippen LogP contribution >= 0.6 is 11.8 Å². The van der Waals surface area contributed by atoms with Gasteiger partial charge in [-0.3, -0.25) is 9.78 Å². The van der Waals surface area contributed by atoms with Crippen LogP contribution in [0.15, 0.2) is 41.7 Å². The number of fused-ring (bicyclic) bond motifs is 1. The zero-order chi connectivity index (χ0) is 18.1. The van der Waals surface area contributed by atoms with Crippen LogP contribution in [-0.2, 0) is 6.54 Å². The molecule has 0 aliphatic carbocycles. The Bertz CT molecular complexity index is 1070. The van der Waals surface area contributed by atoms with Gasteiger partial charge < -0.3 is 5.32 Å². The van der Waals surface area contributed by atoms with Crippen molar-refractivity contribution in [2.45, 2.75) is 25.4 Å². The maximum absolute atomic E-state index is 4.54. The topological polar surface area (TPSA) is 84.3 Å². The lowest BCUT2D eigenvalue weighted by atomic mass is 10.2. The minimum atomic E-state index is 0.727. The second-order valence-corrected chi connectivity index (χ2v) is 6.88. The van der Waals surface area contributed by atoms with Crippen molar-refractivity contribution in [2.24, 2.45) is 0 Å². The summed E-state index contributed by atoms with van der Waals surface area (Å²) in [6.45, 7) is 4.81. The van der Waals surface area contributed by atoms with Gasteiger partial charge in [-0.15, -0.1) is 11.8 Å². The molecule has 0 saturated heterocycles. The molecule has 0 aliphatic heterocycles. The molecule has 8 heteroatoms. The zero-order valence-electron chi connectivity index (χ0n) is 14.8. The van der Waals surface area contributed by atoms with E-state index >= 15 is 0 Å². The van der Waals surface area contributed by atoms with Crippen molar-refractivity contribution in [1.82, 2.24) is 29.9 Å². The van der Waals surface area contributed by atoms with Crippen LogP contribution in [0.2, 0.25) is 0 Å². The van der Waals surface area contributed by atoms with Gasteiger partial charge in [-0.2, -0.15) is 10.2 Å². The molecule has 3 heterocycles. The highest BCUT2D eigenvalue weighted by Gasteiger charge is 2.12. The number of benzene rings is 1. The average Bonchev–Trinajstić information content (AvgIpc) is 3.18. The number of rotatable bonds is 5. The summed E-state index contributed by atoms with van der Waals surface area (Å²) >= 11 is 1.56. The molecular formula is C18H19N7S. The van der Waals surface area contributed by atoms with E-state index in [-0.39, 0.29) is 0 Å². The molecule has 0 atom stereocenters. The molecule has 7 nitrogen and oxygen atoms in total. The van der Waals surface area contributed by atoms with Gasteiger partial charge in [0.15, 0.2) is 5.65 Å². The number of aryl methyl sites for hydroxylation is 2. The Labute approximate surface area is 155 Å². The summed E-state index contributed by atoms with van der Waals surface area (Å²) in [5.41, 5.74) is 5.05. The molecule has 4 aromatic rings. The number of hydrogen-bond donors (Lipinski definition) is 2. The number of hydrogen-bond acceptors (Lipinski definition) is 6. The minimum Gasteiger partial charge on any atom is -0.339 e. The van der Waals surface area contributed by atoms with Crippen LogP contribution in [0.5, 0.6) is 0 Å². The largest absolute Gasteiger partial charge is 0.339 e. The number of H-pyrrole nitrogens is 1. The van der Waals surface area contributed by atoms with Gasteiger partial charge in [0.25, 0.3) is 0 Å². The third-order valence-electron chi connectivity index (χ3n) is 4.14. The van der Waals surface area contributed by atoms with Crippen LogP contribution < -0.4 is 5.32 Å². The second-order valence-electron chi connectivity index (χ2n) is 6.09. The number of aromatic nitrogens is 6. The van der Waals surface area contributed by atoms with Gasteiger partial charge in [0.1, 0.15) is 17.2 Å². The lowest BCUT2D eigenvalue weighted by Crippen LogP contribution is -2.04. The first-order chi connectivity index (χ1) is 12.6. The summed E-state index contributed by atoms with van der Waals surface area (Å²) < 4.78 is 2.01. The molecule has 0 aliphatic rings. The monoisotopic (exact) mass is 365 g/mol. The fourth-order valence-corrected chi connectivity index (χ4v) is 3.50. The Morgan fingerprint density at radius 3 is 2.85 bits per heavy atom. The van der Waals surface area contributed by atoms with E-state index in [2.05, 4.69) is 55.7 Å². The van der Waals surface area contributed by atoms with E-state index in [9.17, 15) is 0 Å². The maximum Gasteiger partial charge on any atom is 0.161 e. The normalized spacial score (nSPS) is 11.2. The Morgan fingerprint density at radius 1 is 1.19 bits per heavy atom. The van der Waals surface area contributed by atoms with Crippen molar-refractivity contribution in [1.29, 1.82) is 0 Å². The molecule has 0 amide bonds. The first kappa shape index (κ1) is 16.6. The number of thioether (sulfide) groups is 1. The van der Waals surface area contributed by atoms with E-state index in [1.807, 2.05) is 30.0 Å². The minimum absolute atomic E-state index is 0.727. The highest BCUT2D eigenvalue weighted by molar-refractivity contribution is 7.98. The van der Waals surface area contributed by atoms with Gasteiger partial charge in [0, 0.05) is 11.4 Å². The Morgan fingerprint density at radius 2 is 2.08 bits per heavy atom. The lowest BCUT2D eigenvalue weighted by molar-refractivity contribution is 0.659. The van der Waals surface area contributed by atoms with Gasteiger partial charge in [0.2, 0.25) is 0 Å². The Balaban J connectivity index is 1.64. The Hall–Kier alpha value is -2.87. The van der Waals surface area contributed by atoms with Gasteiger partial charge in [-0.1, -0.05) is 12.1 Å². The standard InChI is InChI=1S/C18H19N7S/c1-11-7-12(2)25(24-11)9-13-5-4-6-14(8-13)21-16-15-17(20-10-19-16)22-23-18(15)26-3/h4-8,10H,9H2,1-3H3,(H2,19,20,21,22,23). The quantitative estimate of drug-likeness (QED) is 0.525. The van der Waals surface area contributed by atoms with Crippen molar-refractivity contribution in [3.63, 3.8) is 0 Å². The van der Waals surface area contributed by atoms with Crippen molar-refractivity contribution in [3.8, 4) is 0 Å². The predicted molar refractivity (Wildman–Crippen MR) is 104 cm³/mol. The van der Waals surface area contributed by atoms with Crippen molar-refractivity contribution in [2.75, 3.05) is 11.6 Å². The molecule has 0 spiro atoms. The van der Waals surface area contributed by atoms with Crippen molar-refractivity contribution >= 4 is 34.3 Å². The molecular weight excluding hydrogens is 346 g/mol. The highest BCUT2D eigenvalue weighted by Crippen LogP contribution is 2.29. The molecule has 0 radical (unpaired) electrons. The van der Waals surface area contributed by atoms with Crippen molar-refractivity contribution in [3.05, 3.63) is 53.6 Å². The molecule has 0 bridgehead atoms. The van der Waals surface area contributed by atoms with Crippen LogP contribution in [0.1, 0.15) is 17.0 Å². The fraction of sp³-hybridized carbons (Fsp3) is 0.222. The molecule has 132 valence electrons. The highest BCUT2D eigenvalue weighted by atomic mass is 32.2. The van der Waals surface area contributed by atoms with E-state index in [0.717, 1.165) is 45.5 Å². The maximum atomic E-state index is 4.54. The molecule has 1 aromatic carbocycles. The summed E-state index contributed by atoms with van der Waals surface area (Å²) in [6, 6.07) is 10.4. The summed E-state index contributed by atoms with van der Waals surface area (Å²) in [6.07, 6.45) is 3.52.